The number of nitrogens with zero attached hydrogens (tertiary/aromatic N) is 5. The van der Waals surface area contributed by atoms with Crippen LogP contribution in [0.3, 0.4) is 0 Å². The van der Waals surface area contributed by atoms with Crippen molar-refractivity contribution in [2.45, 2.75) is 39.2 Å². The number of sulfonamides is 1. The third kappa shape index (κ3) is 5.63. The monoisotopic (exact) mass is 442 g/mol. The smallest absolute Gasteiger partial charge is 0.290 e. The maximum absolute atomic E-state index is 12.7. The summed E-state index contributed by atoms with van der Waals surface area (Å²) < 4.78 is 29.9. The van der Waals surface area contributed by atoms with Crippen molar-refractivity contribution in [3.05, 3.63) is 28.7 Å². The third-order valence-corrected chi connectivity index (χ3v) is 5.81. The van der Waals surface area contributed by atoms with E-state index in [0.717, 1.165) is 5.56 Å². The molecule has 2 aromatic rings. The van der Waals surface area contributed by atoms with Crippen molar-refractivity contribution < 1.29 is 27.6 Å². The zero-order valence-corrected chi connectivity index (χ0v) is 18.1. The molecule has 1 aliphatic rings. The zero-order valence-electron chi connectivity index (χ0n) is 17.3. The second kappa shape index (κ2) is 9.80. The van der Waals surface area contributed by atoms with Crippen molar-refractivity contribution >= 4 is 22.4 Å². The van der Waals surface area contributed by atoms with Gasteiger partial charge >= 0.3 is 0 Å². The number of aromatic amines is 1. The van der Waals surface area contributed by atoms with Gasteiger partial charge < -0.3 is 14.5 Å². The third-order valence-electron chi connectivity index (χ3n) is 4.57. The Bertz CT molecular complexity index is 983. The molecule has 2 aromatic heterocycles. The lowest BCUT2D eigenvalue weighted by atomic mass is 10.1. The summed E-state index contributed by atoms with van der Waals surface area (Å²) in [6.45, 7) is 4.67. The van der Waals surface area contributed by atoms with Gasteiger partial charge in [-0.2, -0.15) is 14.4 Å². The highest BCUT2D eigenvalue weighted by molar-refractivity contribution is 7.88. The summed E-state index contributed by atoms with van der Waals surface area (Å²) in [7, 11) is -1.58. The number of carboxylic acid groups (broad SMARTS) is 1. The van der Waals surface area contributed by atoms with Crippen molar-refractivity contribution in [3.8, 4) is 0 Å². The average Bonchev–Trinajstić information content (AvgIpc) is 3.32. The molecule has 3 rings (SSSR count). The van der Waals surface area contributed by atoms with Gasteiger partial charge in [0, 0.05) is 38.0 Å². The van der Waals surface area contributed by atoms with Gasteiger partial charge in [-0.15, -0.1) is 0 Å². The fourth-order valence-corrected chi connectivity index (χ4v) is 3.69. The standard InChI is InChI=1S/C16H24N6O4S.CH2O2/c1-10(2)15-17-13(20-26-15)6-7-21(3)16(23)14-11-5-8-22(27(4,24)25)9-12(11)18-19-14;2-1-3/h10H,5-9H2,1-4H3,(H,18,19);1H,(H,2,3). The molecule has 0 radical (unpaired) electrons. The minimum atomic E-state index is -3.27. The quantitative estimate of drug-likeness (QED) is 0.597. The van der Waals surface area contributed by atoms with Gasteiger partial charge in [-0.3, -0.25) is 14.7 Å². The number of nitrogens with one attached hydrogen (secondary N) is 1. The Morgan fingerprint density at radius 2 is 2.10 bits per heavy atom. The Labute approximate surface area is 174 Å². The summed E-state index contributed by atoms with van der Waals surface area (Å²) in [5, 5.41) is 17.8. The maximum atomic E-state index is 12.7. The highest BCUT2D eigenvalue weighted by atomic mass is 32.2. The number of likely N-dealkylation sites (N-methyl/N-ethyl adjacent to an activating group) is 1. The van der Waals surface area contributed by atoms with Gasteiger partial charge in [0.05, 0.1) is 18.5 Å². The summed E-state index contributed by atoms with van der Waals surface area (Å²) in [6, 6.07) is 0. The summed E-state index contributed by atoms with van der Waals surface area (Å²) in [5.41, 5.74) is 1.80. The number of H-pyrrole nitrogens is 1. The fourth-order valence-electron chi connectivity index (χ4n) is 2.91. The van der Waals surface area contributed by atoms with Crippen molar-refractivity contribution in [2.24, 2.45) is 0 Å². The number of hydrogen-bond acceptors (Lipinski definition) is 8. The molecule has 13 heteroatoms. The largest absolute Gasteiger partial charge is 0.483 e. The first-order chi connectivity index (χ1) is 14.1. The van der Waals surface area contributed by atoms with E-state index in [1.54, 1.807) is 11.9 Å². The highest BCUT2D eigenvalue weighted by Crippen LogP contribution is 2.22. The molecule has 30 heavy (non-hydrogen) atoms. The second-order valence-electron chi connectivity index (χ2n) is 7.16. The van der Waals surface area contributed by atoms with Gasteiger partial charge in [0.1, 0.15) is 0 Å². The molecule has 12 nitrogen and oxygen atoms in total. The lowest BCUT2D eigenvalue weighted by Gasteiger charge is -2.24. The van der Waals surface area contributed by atoms with Crippen LogP contribution < -0.4 is 0 Å². The van der Waals surface area contributed by atoms with E-state index in [4.69, 9.17) is 14.4 Å². The van der Waals surface area contributed by atoms with Gasteiger partial charge in [-0.25, -0.2) is 8.42 Å². The molecule has 0 bridgehead atoms. The number of hydrogen-bond donors (Lipinski definition) is 2. The van der Waals surface area contributed by atoms with Crippen LogP contribution in [0.1, 0.15) is 53.2 Å². The summed E-state index contributed by atoms with van der Waals surface area (Å²) in [5.74, 6) is 1.09. The lowest BCUT2D eigenvalue weighted by molar-refractivity contribution is -0.122. The second-order valence-corrected chi connectivity index (χ2v) is 9.14. The van der Waals surface area contributed by atoms with E-state index < -0.39 is 10.0 Å². The molecule has 0 unspecified atom stereocenters. The van der Waals surface area contributed by atoms with Crippen LogP contribution in [0.5, 0.6) is 0 Å². The molecule has 166 valence electrons. The molecule has 3 heterocycles. The van der Waals surface area contributed by atoms with E-state index in [9.17, 15) is 13.2 Å². The van der Waals surface area contributed by atoms with Crippen molar-refractivity contribution in [1.29, 1.82) is 0 Å². The number of amides is 1. The molecule has 0 atom stereocenters. The molecule has 0 spiro atoms. The molecule has 0 saturated heterocycles. The Balaban J connectivity index is 0.00000101. The van der Waals surface area contributed by atoms with Crippen molar-refractivity contribution in [2.75, 3.05) is 26.4 Å². The Kier molecular flexibility index (Phi) is 7.67. The molecule has 0 fully saturated rings. The van der Waals surface area contributed by atoms with E-state index in [1.807, 2.05) is 13.8 Å². The van der Waals surface area contributed by atoms with Crippen LogP contribution in [0.15, 0.2) is 4.52 Å². The average molecular weight is 442 g/mol. The number of fused-ring (bicyclic) bond motifs is 1. The predicted octanol–water partition coefficient (Wildman–Crippen LogP) is 0.249. The normalized spacial score (nSPS) is 14.0. The van der Waals surface area contributed by atoms with E-state index in [1.165, 1.54) is 10.6 Å². The Morgan fingerprint density at radius 3 is 2.67 bits per heavy atom. The minimum Gasteiger partial charge on any atom is -0.483 e. The molecule has 0 aromatic carbocycles. The van der Waals surface area contributed by atoms with Gasteiger partial charge in [-0.05, 0) is 6.42 Å². The van der Waals surface area contributed by atoms with Crippen LogP contribution in [0.25, 0.3) is 0 Å². The number of carbonyl (C=O) groups excluding carboxylic acids is 1. The topological polar surface area (TPSA) is 163 Å². The molecular weight excluding hydrogens is 416 g/mol. The van der Waals surface area contributed by atoms with Crippen molar-refractivity contribution in [1.82, 2.24) is 29.5 Å². The lowest BCUT2D eigenvalue weighted by Crippen LogP contribution is -2.36. The van der Waals surface area contributed by atoms with E-state index in [-0.39, 0.29) is 24.8 Å². The maximum Gasteiger partial charge on any atom is 0.290 e. The first-order valence-corrected chi connectivity index (χ1v) is 11.1. The van der Waals surface area contributed by atoms with Crippen molar-refractivity contribution in [3.63, 3.8) is 0 Å². The fraction of sp³-hybridized carbons (Fsp3) is 0.588. The first-order valence-electron chi connectivity index (χ1n) is 9.25. The summed E-state index contributed by atoms with van der Waals surface area (Å²) in [6.07, 6.45) is 2.11. The molecule has 1 aliphatic heterocycles. The van der Waals surface area contributed by atoms with Crippen LogP contribution in [-0.2, 0) is 34.2 Å². The summed E-state index contributed by atoms with van der Waals surface area (Å²) in [4.78, 5) is 27.0. The Morgan fingerprint density at radius 1 is 1.43 bits per heavy atom. The highest BCUT2D eigenvalue weighted by Gasteiger charge is 2.30. The van der Waals surface area contributed by atoms with E-state index >= 15 is 0 Å². The van der Waals surface area contributed by atoms with Gasteiger partial charge in [0.15, 0.2) is 11.5 Å². The van der Waals surface area contributed by atoms with E-state index in [2.05, 4.69) is 20.3 Å². The van der Waals surface area contributed by atoms with Gasteiger partial charge in [0.2, 0.25) is 15.9 Å². The number of aromatic nitrogens is 4. The van der Waals surface area contributed by atoms with Gasteiger partial charge in [-0.1, -0.05) is 19.0 Å². The summed E-state index contributed by atoms with van der Waals surface area (Å²) >= 11 is 0. The Hall–Kier alpha value is -2.80. The molecule has 0 aliphatic carbocycles. The number of rotatable bonds is 6. The molecule has 1 amide bonds. The van der Waals surface area contributed by atoms with E-state index in [0.29, 0.717) is 49.0 Å². The van der Waals surface area contributed by atoms with Crippen LogP contribution in [0, 0.1) is 0 Å². The number of carbonyl (C=O) groups is 2. The van der Waals surface area contributed by atoms with Gasteiger partial charge in [0.25, 0.3) is 12.4 Å². The predicted molar refractivity (Wildman–Crippen MR) is 105 cm³/mol. The molecule has 0 saturated carbocycles. The van der Waals surface area contributed by atoms with Crippen LogP contribution in [-0.4, -0.2) is 81.8 Å². The minimum absolute atomic E-state index is 0.160. The SMILES string of the molecule is CC(C)c1nc(CCN(C)C(=O)c2n[nH]c3c2CCN(S(C)(=O)=O)C3)no1.O=CO. The molecular formula is C17H26N6O6S. The first kappa shape index (κ1) is 23.5. The van der Waals surface area contributed by atoms with Crippen LogP contribution >= 0.6 is 0 Å². The van der Waals surface area contributed by atoms with Crippen LogP contribution in [0.2, 0.25) is 0 Å². The molecule has 2 N–H and O–H groups in total. The zero-order chi connectivity index (χ0) is 22.5. The van der Waals surface area contributed by atoms with Crippen LogP contribution in [0.4, 0.5) is 0 Å².